The number of carboxylic acids is 1. The van der Waals surface area contributed by atoms with Gasteiger partial charge in [-0.25, -0.2) is 0 Å². The highest BCUT2D eigenvalue weighted by Crippen LogP contribution is 2.54. The molecule has 406 valence electrons. The highest BCUT2D eigenvalue weighted by molar-refractivity contribution is 7.86. The smallest absolute Gasteiger partial charge is 0.311 e. The molecule has 12 rings (SSSR count). The van der Waals surface area contributed by atoms with Gasteiger partial charge in [0, 0.05) is 40.3 Å². The molecule has 0 unspecified atom stereocenters. The number of hydrogen-bond acceptors (Lipinski definition) is 10. The predicted molar refractivity (Wildman–Crippen MR) is 304 cm³/mol. The Hall–Kier alpha value is -3.80. The van der Waals surface area contributed by atoms with E-state index in [1.807, 2.05) is 6.07 Å². The maximum absolute atomic E-state index is 12.1. The number of rotatable bonds is 14. The molecule has 8 aliphatic carbocycles. The SMILES string of the molecule is COC(=O)C12CCC(NCc3ccc4cc(O)ccc4c3)(CC1)CC2.C[Si](C)(C)C1CCC(OS(C)(=O)=O)CC1.C[Si](C)(C)C1CCC(Oc2ccc3cc(CNC45CCC(C(=O)O)(CC4)CC5)ccc3c2)CC1. The summed E-state index contributed by atoms with van der Waals surface area (Å²) in [7, 11) is -3.84. The maximum atomic E-state index is 12.1. The summed E-state index contributed by atoms with van der Waals surface area (Å²) in [6.45, 7) is 16.3. The quantitative estimate of drug-likeness (QED) is 0.0541. The van der Waals surface area contributed by atoms with Crippen molar-refractivity contribution in [2.24, 2.45) is 10.8 Å². The number of methoxy groups -OCH3 is 1. The summed E-state index contributed by atoms with van der Waals surface area (Å²) in [5, 5.41) is 31.5. The highest BCUT2D eigenvalue weighted by atomic mass is 32.2. The van der Waals surface area contributed by atoms with E-state index in [4.69, 9.17) is 13.7 Å². The van der Waals surface area contributed by atoms with Crippen molar-refractivity contribution in [1.29, 1.82) is 0 Å². The Balaban J connectivity index is 0.000000160. The molecule has 0 heterocycles. The number of esters is 1. The number of hydrogen-bond donors (Lipinski definition) is 4. The van der Waals surface area contributed by atoms with Gasteiger partial charge in [-0.3, -0.25) is 13.8 Å². The summed E-state index contributed by atoms with van der Waals surface area (Å²) >= 11 is 0. The van der Waals surface area contributed by atoms with Gasteiger partial charge in [0.05, 0.1) is 36.4 Å². The summed E-state index contributed by atoms with van der Waals surface area (Å²) in [5.74, 6) is 0.701. The van der Waals surface area contributed by atoms with Crippen molar-refractivity contribution in [2.45, 2.75) is 215 Å². The molecule has 14 heteroatoms. The predicted octanol–water partition coefficient (Wildman–Crippen LogP) is 13.7. The van der Waals surface area contributed by atoms with Crippen molar-refractivity contribution in [3.8, 4) is 11.5 Å². The van der Waals surface area contributed by atoms with Crippen molar-refractivity contribution in [3.05, 3.63) is 83.9 Å². The number of carbonyl (C=O) groups is 2. The number of phenolic OH excluding ortho intramolecular Hbond substituents is 1. The van der Waals surface area contributed by atoms with E-state index in [2.05, 4.69) is 105 Å². The van der Waals surface area contributed by atoms with Gasteiger partial charge in [-0.05, 0) is 196 Å². The zero-order chi connectivity index (χ0) is 53.2. The number of aromatic hydroxyl groups is 1. The first kappa shape index (κ1) is 56.4. The van der Waals surface area contributed by atoms with E-state index in [1.165, 1.54) is 54.7 Å². The van der Waals surface area contributed by atoms with Crippen LogP contribution in [0.25, 0.3) is 21.5 Å². The van der Waals surface area contributed by atoms with Gasteiger partial charge in [0.1, 0.15) is 11.5 Å². The summed E-state index contributed by atoms with van der Waals surface area (Å²) in [4.78, 5) is 23.8. The Kier molecular flexibility index (Phi) is 17.3. The van der Waals surface area contributed by atoms with E-state index in [0.717, 1.165) is 150 Å². The molecule has 8 fully saturated rings. The lowest BCUT2D eigenvalue weighted by molar-refractivity contribution is -0.160. The fourth-order valence-corrected chi connectivity index (χ4v) is 18.5. The molecule has 0 aromatic heterocycles. The lowest BCUT2D eigenvalue weighted by atomic mass is 9.57. The average molecular weight is 1070 g/mol. The minimum Gasteiger partial charge on any atom is -0.508 e. The van der Waals surface area contributed by atoms with Crippen molar-refractivity contribution in [2.75, 3.05) is 13.4 Å². The minimum absolute atomic E-state index is 0.0152. The third-order valence-electron chi connectivity index (χ3n) is 19.1. The Morgan fingerprint density at radius 2 is 0.973 bits per heavy atom. The van der Waals surface area contributed by atoms with Crippen LogP contribution in [-0.2, 0) is 41.7 Å². The van der Waals surface area contributed by atoms with E-state index >= 15 is 0 Å². The van der Waals surface area contributed by atoms with Crippen LogP contribution in [0.15, 0.2) is 72.8 Å². The first-order chi connectivity index (χ1) is 34.9. The molecule has 0 aliphatic heterocycles. The normalized spacial score (nSPS) is 29.9. The Bertz CT molecular complexity index is 2670. The number of fused-ring (bicyclic) bond motifs is 8. The summed E-state index contributed by atoms with van der Waals surface area (Å²) in [5.41, 5.74) is 3.94. The molecule has 0 saturated heterocycles. The van der Waals surface area contributed by atoms with Crippen molar-refractivity contribution in [1.82, 2.24) is 10.6 Å². The second-order valence-corrected chi connectivity index (χ2v) is 38.6. The molecule has 0 amide bonds. The highest BCUT2D eigenvalue weighted by Gasteiger charge is 2.54. The van der Waals surface area contributed by atoms with Crippen LogP contribution in [0, 0.1) is 10.8 Å². The summed E-state index contributed by atoms with van der Waals surface area (Å²) in [6.07, 6.45) is 21.9. The van der Waals surface area contributed by atoms with E-state index in [9.17, 15) is 28.2 Å². The first-order valence-corrected chi connectivity index (χ1v) is 37.0. The lowest BCUT2D eigenvalue weighted by Crippen LogP contribution is -2.56. The maximum Gasteiger partial charge on any atom is 0.311 e. The van der Waals surface area contributed by atoms with Crippen LogP contribution < -0.4 is 15.4 Å². The summed E-state index contributed by atoms with van der Waals surface area (Å²) in [6, 6.07) is 25.1. The third-order valence-corrected chi connectivity index (χ3v) is 25.8. The molecular weight excluding hydrogens is 981 g/mol. The zero-order valence-corrected chi connectivity index (χ0v) is 48.8. The lowest BCUT2D eigenvalue weighted by Gasteiger charge is -2.52. The second kappa shape index (κ2) is 22.7. The molecule has 8 aliphatic rings. The number of phenols is 1. The molecule has 4 aromatic carbocycles. The van der Waals surface area contributed by atoms with Crippen LogP contribution in [-0.4, -0.2) is 83.4 Å². The van der Waals surface area contributed by atoms with E-state index in [-0.39, 0.29) is 28.6 Å². The van der Waals surface area contributed by atoms with E-state index in [0.29, 0.717) is 11.9 Å². The van der Waals surface area contributed by atoms with Gasteiger partial charge in [-0.2, -0.15) is 8.42 Å². The average Bonchev–Trinajstić information content (AvgIpc) is 3.38. The number of ether oxygens (including phenoxy) is 2. The fraction of sp³-hybridized carbons (Fsp3) is 0.633. The van der Waals surface area contributed by atoms with Crippen molar-refractivity contribution in [3.63, 3.8) is 0 Å². The minimum atomic E-state index is -3.27. The Labute approximate surface area is 444 Å². The molecule has 0 radical (unpaired) electrons. The van der Waals surface area contributed by atoms with Crippen LogP contribution in [0.3, 0.4) is 0 Å². The molecule has 4 bridgehead atoms. The van der Waals surface area contributed by atoms with Crippen molar-refractivity contribution >= 4 is 59.7 Å². The van der Waals surface area contributed by atoms with Crippen LogP contribution in [0.1, 0.15) is 140 Å². The van der Waals surface area contributed by atoms with E-state index < -0.39 is 37.7 Å². The molecule has 8 saturated carbocycles. The van der Waals surface area contributed by atoms with Gasteiger partial charge < -0.3 is 30.3 Å². The largest absolute Gasteiger partial charge is 0.508 e. The molecule has 11 nitrogen and oxygen atoms in total. The number of carboxylic acid groups (broad SMARTS) is 1. The molecule has 4 N–H and O–H groups in total. The molecule has 74 heavy (non-hydrogen) atoms. The molecular formula is C60H88N2O9SSi2. The van der Waals surface area contributed by atoms with Gasteiger partial charge >= 0.3 is 11.9 Å². The van der Waals surface area contributed by atoms with Crippen LogP contribution in [0.2, 0.25) is 50.4 Å². The van der Waals surface area contributed by atoms with Gasteiger partial charge in [-0.1, -0.05) is 88.5 Å². The monoisotopic (exact) mass is 1070 g/mol. The molecule has 0 spiro atoms. The zero-order valence-electron chi connectivity index (χ0n) is 46.0. The van der Waals surface area contributed by atoms with Gasteiger partial charge in [0.15, 0.2) is 0 Å². The standard InChI is InChI=1S/C29H41NO3Si.C21H25NO3.C10H22O3SSi/c1-34(2,3)26-10-8-24(9-11-26)33-25-7-6-22-18-21(4-5-23(22)19-25)20-30-29-15-12-28(13-16-29,14-17-29)27(31)32;1-25-19(24)20-6-9-21(10-7-20,11-8-20)22-14-15-2-3-17-13-18(23)5-4-16(17)12-15;1-14(11,12)13-9-5-7-10(8-6-9)15(2,3)4/h4-7,18-19,24,26,30H,8-17,20H2,1-3H3,(H,31,32);2-5,12-13,22-23H,6-11,14H2,1H3;9-10H,5-8H2,1-4H3. The van der Waals surface area contributed by atoms with Crippen LogP contribution >= 0.6 is 0 Å². The Morgan fingerprint density at radius 3 is 1.41 bits per heavy atom. The molecule has 0 atom stereocenters. The molecule has 4 aromatic rings. The first-order valence-electron chi connectivity index (χ1n) is 28.0. The van der Waals surface area contributed by atoms with Crippen LogP contribution in [0.5, 0.6) is 11.5 Å². The number of carbonyl (C=O) groups excluding carboxylic acids is 1. The Morgan fingerprint density at radius 1 is 0.568 bits per heavy atom. The summed E-state index contributed by atoms with van der Waals surface area (Å²) < 4.78 is 38.4. The van der Waals surface area contributed by atoms with Crippen molar-refractivity contribution < 1.29 is 41.9 Å². The van der Waals surface area contributed by atoms with Gasteiger partial charge in [-0.15, -0.1) is 0 Å². The van der Waals surface area contributed by atoms with Gasteiger partial charge in [0.2, 0.25) is 0 Å². The third kappa shape index (κ3) is 13.8. The number of nitrogens with one attached hydrogen (secondary N) is 2. The van der Waals surface area contributed by atoms with E-state index in [1.54, 1.807) is 12.1 Å². The number of benzene rings is 4. The fourth-order valence-electron chi connectivity index (χ4n) is 13.7. The van der Waals surface area contributed by atoms with Gasteiger partial charge in [0.25, 0.3) is 10.1 Å². The number of aliphatic carboxylic acids is 1. The van der Waals surface area contributed by atoms with Crippen LogP contribution in [0.4, 0.5) is 0 Å². The topological polar surface area (TPSA) is 160 Å². The second-order valence-electron chi connectivity index (χ2n) is 25.9.